The molecule has 134 valence electrons. The zero-order valence-corrected chi connectivity index (χ0v) is 14.5. The lowest BCUT2D eigenvalue weighted by molar-refractivity contribution is 0.0927. The van der Waals surface area contributed by atoms with Crippen LogP contribution in [0, 0.1) is 6.92 Å². The number of aromatic nitrogens is 3. The zero-order chi connectivity index (χ0) is 18.1. The van der Waals surface area contributed by atoms with Gasteiger partial charge in [0.2, 0.25) is 5.82 Å². The van der Waals surface area contributed by atoms with Gasteiger partial charge in [0, 0.05) is 18.7 Å². The van der Waals surface area contributed by atoms with Crippen LogP contribution >= 0.6 is 0 Å². The van der Waals surface area contributed by atoms with Crippen LogP contribution in [-0.2, 0) is 17.8 Å². The minimum absolute atomic E-state index is 0.0436. The molecule has 3 aromatic rings. The first-order valence-corrected chi connectivity index (χ1v) is 8.33. The van der Waals surface area contributed by atoms with E-state index in [0.29, 0.717) is 23.2 Å². The predicted molar refractivity (Wildman–Crippen MR) is 90.2 cm³/mol. The maximum absolute atomic E-state index is 12.3. The van der Waals surface area contributed by atoms with Gasteiger partial charge in [0.1, 0.15) is 12.4 Å². The van der Waals surface area contributed by atoms with Crippen molar-refractivity contribution in [3.8, 4) is 11.4 Å². The van der Waals surface area contributed by atoms with E-state index in [1.807, 2.05) is 18.2 Å². The Hall–Kier alpha value is -3.00. The number of aryl methyl sites for hydroxylation is 2. The molecule has 1 aromatic carbocycles. The third kappa shape index (κ3) is 3.11. The molecule has 1 amide bonds. The summed E-state index contributed by atoms with van der Waals surface area (Å²) >= 11 is 0. The highest BCUT2D eigenvalue weighted by atomic mass is 16.5. The molecule has 0 fully saturated rings. The van der Waals surface area contributed by atoms with E-state index in [-0.39, 0.29) is 18.6 Å². The van der Waals surface area contributed by atoms with Gasteiger partial charge < -0.3 is 19.1 Å². The number of hydrogen-bond acceptors (Lipinski definition) is 7. The van der Waals surface area contributed by atoms with E-state index < -0.39 is 0 Å². The van der Waals surface area contributed by atoms with Crippen LogP contribution in [0.3, 0.4) is 0 Å². The topological polar surface area (TPSA) is 103 Å². The van der Waals surface area contributed by atoms with Crippen molar-refractivity contribution in [2.45, 2.75) is 32.4 Å². The number of nitrogens with zero attached hydrogens (tertiary/aromatic N) is 3. The summed E-state index contributed by atoms with van der Waals surface area (Å²) in [5, 5.41) is 10.8. The maximum atomic E-state index is 12.3. The van der Waals surface area contributed by atoms with E-state index in [1.54, 1.807) is 20.1 Å². The highest BCUT2D eigenvalue weighted by molar-refractivity contribution is 5.92. The molecule has 0 radical (unpaired) electrons. The molecule has 1 aliphatic rings. The third-order valence-corrected chi connectivity index (χ3v) is 4.38. The second-order valence-electron chi connectivity index (χ2n) is 6.25. The number of hydrogen-bond donors (Lipinski definition) is 1. The van der Waals surface area contributed by atoms with Crippen molar-refractivity contribution in [2.75, 3.05) is 7.11 Å². The molecule has 0 saturated heterocycles. The minimum Gasteiger partial charge on any atom is -0.375 e. The second-order valence-corrected chi connectivity index (χ2v) is 6.25. The van der Waals surface area contributed by atoms with Gasteiger partial charge in [-0.3, -0.25) is 4.79 Å². The molecule has 1 aliphatic carbocycles. The fourth-order valence-electron chi connectivity index (χ4n) is 3.17. The van der Waals surface area contributed by atoms with Gasteiger partial charge in [-0.1, -0.05) is 22.4 Å². The number of nitrogens with one attached hydrogen (secondary N) is 1. The van der Waals surface area contributed by atoms with Crippen molar-refractivity contribution in [3.63, 3.8) is 0 Å². The number of methoxy groups -OCH3 is 1. The minimum atomic E-state index is -0.230. The number of carbonyl (C=O) groups excluding carboxylic acids is 1. The Kier molecular flexibility index (Phi) is 4.26. The Labute approximate surface area is 149 Å². The summed E-state index contributed by atoms with van der Waals surface area (Å²) in [6.07, 6.45) is 1.71. The first-order valence-electron chi connectivity index (χ1n) is 8.33. The Morgan fingerprint density at radius 1 is 1.31 bits per heavy atom. The SMILES string of the molecule is COCc1nc(-c2ccc3c(c2)CC[C@H]3NC(=O)c2cc(C)on2)no1. The average molecular weight is 354 g/mol. The highest BCUT2D eigenvalue weighted by Gasteiger charge is 2.26. The molecule has 4 rings (SSSR count). The molecule has 1 N–H and O–H groups in total. The van der Waals surface area contributed by atoms with Crippen molar-refractivity contribution in [1.29, 1.82) is 0 Å². The van der Waals surface area contributed by atoms with Crippen LogP contribution in [0.2, 0.25) is 0 Å². The summed E-state index contributed by atoms with van der Waals surface area (Å²) in [5.41, 5.74) is 3.45. The van der Waals surface area contributed by atoms with E-state index in [0.717, 1.165) is 24.0 Å². The number of carbonyl (C=O) groups is 1. The number of ether oxygens (including phenoxy) is 1. The Morgan fingerprint density at radius 3 is 2.96 bits per heavy atom. The average Bonchev–Trinajstić information content (AvgIpc) is 3.35. The molecule has 0 spiro atoms. The molecule has 1 atom stereocenters. The Morgan fingerprint density at radius 2 is 2.19 bits per heavy atom. The lowest BCUT2D eigenvalue weighted by Gasteiger charge is -2.13. The van der Waals surface area contributed by atoms with Crippen molar-refractivity contribution >= 4 is 5.91 Å². The standard InChI is InChI=1S/C18H18N4O4/c1-10-7-15(21-25-10)18(23)19-14-6-4-11-8-12(3-5-13(11)14)17-20-16(9-24-2)26-22-17/h3,5,7-8,14H,4,6,9H2,1-2H3,(H,19,23)/t14-/m1/s1. The lowest BCUT2D eigenvalue weighted by Crippen LogP contribution is -2.27. The first kappa shape index (κ1) is 16.5. The van der Waals surface area contributed by atoms with Gasteiger partial charge >= 0.3 is 0 Å². The van der Waals surface area contributed by atoms with Crippen molar-refractivity contribution in [2.24, 2.45) is 0 Å². The van der Waals surface area contributed by atoms with Crippen molar-refractivity contribution in [1.82, 2.24) is 20.6 Å². The quantitative estimate of drug-likeness (QED) is 0.751. The normalized spacial score (nSPS) is 15.8. The largest absolute Gasteiger partial charge is 0.375 e. The molecule has 0 unspecified atom stereocenters. The molecule has 8 heteroatoms. The summed E-state index contributed by atoms with van der Waals surface area (Å²) in [7, 11) is 1.58. The molecular weight excluding hydrogens is 336 g/mol. The van der Waals surface area contributed by atoms with Gasteiger partial charge in [-0.15, -0.1) is 0 Å². The van der Waals surface area contributed by atoms with Crippen LogP contribution in [0.25, 0.3) is 11.4 Å². The van der Waals surface area contributed by atoms with Crippen molar-refractivity contribution < 1.29 is 18.6 Å². The predicted octanol–water partition coefficient (Wildman–Crippen LogP) is 2.60. The zero-order valence-electron chi connectivity index (χ0n) is 14.5. The van der Waals surface area contributed by atoms with Gasteiger partial charge in [-0.25, -0.2) is 0 Å². The lowest BCUT2D eigenvalue weighted by atomic mass is 10.0. The molecule has 0 bridgehead atoms. The van der Waals surface area contributed by atoms with Crippen molar-refractivity contribution in [3.05, 3.63) is 52.7 Å². The summed E-state index contributed by atoms with van der Waals surface area (Å²) in [4.78, 5) is 16.6. The molecule has 2 aromatic heterocycles. The molecule has 8 nitrogen and oxygen atoms in total. The summed E-state index contributed by atoms with van der Waals surface area (Å²) < 4.78 is 15.1. The van der Waals surface area contributed by atoms with Gasteiger partial charge in [0.05, 0.1) is 6.04 Å². The van der Waals surface area contributed by atoms with E-state index in [2.05, 4.69) is 20.6 Å². The van der Waals surface area contributed by atoms with Crippen LogP contribution in [0.5, 0.6) is 0 Å². The molecule has 0 aliphatic heterocycles. The first-order chi connectivity index (χ1) is 12.6. The third-order valence-electron chi connectivity index (χ3n) is 4.38. The maximum Gasteiger partial charge on any atom is 0.273 e. The fourth-order valence-corrected chi connectivity index (χ4v) is 3.17. The fraction of sp³-hybridized carbons (Fsp3) is 0.333. The Bertz CT molecular complexity index is 946. The van der Waals surface area contributed by atoms with E-state index in [1.165, 1.54) is 5.56 Å². The molecule has 2 heterocycles. The summed E-state index contributed by atoms with van der Waals surface area (Å²) in [5.74, 6) is 1.35. The van der Waals surface area contributed by atoms with E-state index in [4.69, 9.17) is 13.8 Å². The number of fused-ring (bicyclic) bond motifs is 1. The highest BCUT2D eigenvalue weighted by Crippen LogP contribution is 2.33. The van der Waals surface area contributed by atoms with Gasteiger partial charge in [0.15, 0.2) is 5.69 Å². The van der Waals surface area contributed by atoms with Crippen LogP contribution in [0.15, 0.2) is 33.3 Å². The van der Waals surface area contributed by atoms with Crippen LogP contribution in [0.4, 0.5) is 0 Å². The van der Waals surface area contributed by atoms with Gasteiger partial charge in [-0.05, 0) is 37.0 Å². The van der Waals surface area contributed by atoms with Crippen LogP contribution < -0.4 is 5.32 Å². The molecular formula is C18H18N4O4. The van der Waals surface area contributed by atoms with Crippen LogP contribution in [-0.4, -0.2) is 28.3 Å². The second kappa shape index (κ2) is 6.72. The number of benzene rings is 1. The van der Waals surface area contributed by atoms with Crippen LogP contribution in [0.1, 0.15) is 45.7 Å². The number of amides is 1. The molecule has 26 heavy (non-hydrogen) atoms. The smallest absolute Gasteiger partial charge is 0.273 e. The van der Waals surface area contributed by atoms with E-state index >= 15 is 0 Å². The monoisotopic (exact) mass is 354 g/mol. The number of rotatable bonds is 5. The summed E-state index contributed by atoms with van der Waals surface area (Å²) in [6.45, 7) is 2.04. The van der Waals surface area contributed by atoms with Gasteiger partial charge in [-0.2, -0.15) is 4.98 Å². The summed E-state index contributed by atoms with van der Waals surface area (Å²) in [6, 6.07) is 7.57. The van der Waals surface area contributed by atoms with E-state index in [9.17, 15) is 4.79 Å². The van der Waals surface area contributed by atoms with Gasteiger partial charge in [0.25, 0.3) is 11.8 Å². The Balaban J connectivity index is 1.51. The molecule has 0 saturated carbocycles.